The zero-order valence-corrected chi connectivity index (χ0v) is 10.3. The molecule has 2 saturated carbocycles. The highest BCUT2D eigenvalue weighted by Crippen LogP contribution is 2.35. The van der Waals surface area contributed by atoms with E-state index in [1.54, 1.807) is 0 Å². The quantitative estimate of drug-likeness (QED) is 0.772. The van der Waals surface area contributed by atoms with Gasteiger partial charge >= 0.3 is 0 Å². The average molecular weight is 210 g/mol. The molecule has 0 aliphatic heterocycles. The van der Waals surface area contributed by atoms with Crippen LogP contribution in [-0.4, -0.2) is 30.1 Å². The Morgan fingerprint density at radius 3 is 2.27 bits per heavy atom. The van der Waals surface area contributed by atoms with E-state index in [2.05, 4.69) is 18.9 Å². The summed E-state index contributed by atoms with van der Waals surface area (Å²) >= 11 is 0. The van der Waals surface area contributed by atoms with Gasteiger partial charge in [0, 0.05) is 18.1 Å². The van der Waals surface area contributed by atoms with Crippen LogP contribution < -0.4 is 5.73 Å². The summed E-state index contributed by atoms with van der Waals surface area (Å²) in [6.07, 6.45) is 9.45. The van der Waals surface area contributed by atoms with E-state index in [4.69, 9.17) is 5.73 Å². The zero-order chi connectivity index (χ0) is 10.8. The van der Waals surface area contributed by atoms with Gasteiger partial charge in [0.05, 0.1) is 0 Å². The Labute approximate surface area is 94.2 Å². The van der Waals surface area contributed by atoms with Crippen molar-refractivity contribution in [2.75, 3.05) is 7.05 Å². The number of nitrogens with zero attached hydrogens (tertiary/aromatic N) is 1. The van der Waals surface area contributed by atoms with Gasteiger partial charge in [-0.05, 0) is 52.0 Å². The zero-order valence-electron chi connectivity index (χ0n) is 10.3. The molecule has 1 atom stereocenters. The Balaban J connectivity index is 1.75. The number of nitrogens with two attached hydrogens (primary N) is 1. The van der Waals surface area contributed by atoms with Crippen LogP contribution in [0.4, 0.5) is 0 Å². The van der Waals surface area contributed by atoms with E-state index in [1.165, 1.54) is 44.9 Å². The summed E-state index contributed by atoms with van der Waals surface area (Å²) in [7, 11) is 2.31. The second kappa shape index (κ2) is 4.84. The Bertz CT molecular complexity index is 193. The normalized spacial score (nSPS) is 34.4. The van der Waals surface area contributed by atoms with Gasteiger partial charge < -0.3 is 10.6 Å². The van der Waals surface area contributed by atoms with E-state index in [1.807, 2.05) is 0 Å². The molecule has 2 aliphatic rings. The van der Waals surface area contributed by atoms with Crippen LogP contribution in [0.1, 0.15) is 51.9 Å². The van der Waals surface area contributed by atoms with Crippen molar-refractivity contribution in [1.29, 1.82) is 0 Å². The predicted octanol–water partition coefficient (Wildman–Crippen LogP) is 2.38. The van der Waals surface area contributed by atoms with Gasteiger partial charge in [0.2, 0.25) is 0 Å². The topological polar surface area (TPSA) is 29.3 Å². The summed E-state index contributed by atoms with van der Waals surface area (Å²) in [4.78, 5) is 2.62. The second-order valence-electron chi connectivity index (χ2n) is 5.76. The van der Waals surface area contributed by atoms with Crippen LogP contribution in [0.2, 0.25) is 0 Å². The van der Waals surface area contributed by atoms with Crippen molar-refractivity contribution in [2.24, 2.45) is 11.7 Å². The summed E-state index contributed by atoms with van der Waals surface area (Å²) < 4.78 is 0. The van der Waals surface area contributed by atoms with Crippen LogP contribution in [0.5, 0.6) is 0 Å². The summed E-state index contributed by atoms with van der Waals surface area (Å²) in [5, 5.41) is 0. The van der Waals surface area contributed by atoms with E-state index < -0.39 is 0 Å². The molecule has 2 rings (SSSR count). The second-order valence-corrected chi connectivity index (χ2v) is 5.76. The van der Waals surface area contributed by atoms with Crippen molar-refractivity contribution in [3.8, 4) is 0 Å². The molecule has 0 heterocycles. The molecule has 88 valence electrons. The van der Waals surface area contributed by atoms with Crippen LogP contribution in [0, 0.1) is 5.92 Å². The van der Waals surface area contributed by atoms with E-state index in [0.29, 0.717) is 6.04 Å². The molecule has 1 unspecified atom stereocenters. The smallest absolute Gasteiger partial charge is 0.00961 e. The van der Waals surface area contributed by atoms with E-state index in [0.717, 1.165) is 18.0 Å². The fourth-order valence-corrected chi connectivity index (χ4v) is 2.87. The van der Waals surface area contributed by atoms with E-state index in [-0.39, 0.29) is 0 Å². The van der Waals surface area contributed by atoms with Crippen molar-refractivity contribution >= 4 is 0 Å². The third-order valence-electron chi connectivity index (χ3n) is 4.38. The largest absolute Gasteiger partial charge is 0.328 e. The molecule has 0 aromatic carbocycles. The molecule has 0 bridgehead atoms. The number of hydrogen-bond acceptors (Lipinski definition) is 2. The highest BCUT2D eigenvalue weighted by atomic mass is 15.2. The van der Waals surface area contributed by atoms with Crippen molar-refractivity contribution in [3.63, 3.8) is 0 Å². The standard InChI is InChI=1S/C13H26N2/c1-10(9-11-3-4-11)15(2)13-7-5-12(14)6-8-13/h10-13H,3-9,14H2,1-2H3. The van der Waals surface area contributed by atoms with Gasteiger partial charge in [-0.1, -0.05) is 12.8 Å². The molecule has 0 amide bonds. The predicted molar refractivity (Wildman–Crippen MR) is 64.8 cm³/mol. The number of hydrogen-bond donors (Lipinski definition) is 1. The van der Waals surface area contributed by atoms with E-state index >= 15 is 0 Å². The molecule has 15 heavy (non-hydrogen) atoms. The van der Waals surface area contributed by atoms with Gasteiger partial charge in [0.25, 0.3) is 0 Å². The third-order valence-corrected chi connectivity index (χ3v) is 4.38. The highest BCUT2D eigenvalue weighted by Gasteiger charge is 2.29. The lowest BCUT2D eigenvalue weighted by molar-refractivity contribution is 0.131. The minimum absolute atomic E-state index is 0.480. The van der Waals surface area contributed by atoms with Crippen LogP contribution in [-0.2, 0) is 0 Å². The fraction of sp³-hybridized carbons (Fsp3) is 1.00. The van der Waals surface area contributed by atoms with Crippen LogP contribution >= 0.6 is 0 Å². The molecule has 0 spiro atoms. The van der Waals surface area contributed by atoms with Gasteiger partial charge in [-0.2, -0.15) is 0 Å². The fourth-order valence-electron chi connectivity index (χ4n) is 2.87. The summed E-state index contributed by atoms with van der Waals surface area (Å²) in [6, 6.07) is 2.06. The van der Waals surface area contributed by atoms with Crippen molar-refractivity contribution in [2.45, 2.75) is 70.0 Å². The lowest BCUT2D eigenvalue weighted by Crippen LogP contribution is -2.43. The molecule has 0 saturated heterocycles. The average Bonchev–Trinajstić information content (AvgIpc) is 3.02. The van der Waals surface area contributed by atoms with Gasteiger partial charge in [0.1, 0.15) is 0 Å². The van der Waals surface area contributed by atoms with Gasteiger partial charge in [-0.25, -0.2) is 0 Å². The van der Waals surface area contributed by atoms with Gasteiger partial charge in [-0.3, -0.25) is 0 Å². The lowest BCUT2D eigenvalue weighted by atomic mass is 9.90. The SMILES string of the molecule is CC(CC1CC1)N(C)C1CCC(N)CC1. The van der Waals surface area contributed by atoms with Crippen molar-refractivity contribution in [3.05, 3.63) is 0 Å². The third kappa shape index (κ3) is 3.18. The minimum atomic E-state index is 0.480. The van der Waals surface area contributed by atoms with Crippen LogP contribution in [0.25, 0.3) is 0 Å². The van der Waals surface area contributed by atoms with E-state index in [9.17, 15) is 0 Å². The Hall–Kier alpha value is -0.0800. The number of rotatable bonds is 4. The molecule has 2 fully saturated rings. The van der Waals surface area contributed by atoms with Gasteiger partial charge in [-0.15, -0.1) is 0 Å². The molecule has 2 aliphatic carbocycles. The molecule has 2 N–H and O–H groups in total. The molecular formula is C13H26N2. The highest BCUT2D eigenvalue weighted by molar-refractivity contribution is 4.84. The van der Waals surface area contributed by atoms with Crippen LogP contribution in [0.15, 0.2) is 0 Å². The first-order valence-electron chi connectivity index (χ1n) is 6.64. The molecule has 2 nitrogen and oxygen atoms in total. The molecule has 2 heteroatoms. The Morgan fingerprint density at radius 1 is 1.13 bits per heavy atom. The molecule has 0 aromatic rings. The maximum absolute atomic E-state index is 5.95. The summed E-state index contributed by atoms with van der Waals surface area (Å²) in [6.45, 7) is 2.40. The molecule has 0 radical (unpaired) electrons. The summed E-state index contributed by atoms with van der Waals surface area (Å²) in [5.74, 6) is 1.05. The van der Waals surface area contributed by atoms with Crippen LogP contribution in [0.3, 0.4) is 0 Å². The Kier molecular flexibility index (Phi) is 3.68. The first-order chi connectivity index (χ1) is 7.16. The maximum Gasteiger partial charge on any atom is 0.00961 e. The first kappa shape index (κ1) is 11.4. The molecule has 0 aromatic heterocycles. The maximum atomic E-state index is 5.95. The van der Waals surface area contributed by atoms with Crippen molar-refractivity contribution in [1.82, 2.24) is 4.90 Å². The first-order valence-corrected chi connectivity index (χ1v) is 6.64. The Morgan fingerprint density at radius 2 is 1.73 bits per heavy atom. The molecular weight excluding hydrogens is 184 g/mol. The van der Waals surface area contributed by atoms with Gasteiger partial charge in [0.15, 0.2) is 0 Å². The minimum Gasteiger partial charge on any atom is -0.328 e. The van der Waals surface area contributed by atoms with Crippen molar-refractivity contribution < 1.29 is 0 Å². The summed E-state index contributed by atoms with van der Waals surface area (Å²) in [5.41, 5.74) is 5.95. The monoisotopic (exact) mass is 210 g/mol. The lowest BCUT2D eigenvalue weighted by Gasteiger charge is -2.37.